The summed E-state index contributed by atoms with van der Waals surface area (Å²) in [6.07, 6.45) is 4.79. The number of carbonyl (C=O) groups is 2. The predicted octanol–water partition coefficient (Wildman–Crippen LogP) is 2.76. The molecule has 0 saturated heterocycles. The quantitative estimate of drug-likeness (QED) is 0.614. The number of esters is 1. The lowest BCUT2D eigenvalue weighted by Crippen LogP contribution is -2.21. The molecule has 1 aromatic carbocycles. The van der Waals surface area contributed by atoms with Crippen LogP contribution in [0.2, 0.25) is 0 Å². The number of allylic oxidation sites excluding steroid dienone is 3. The van der Waals surface area contributed by atoms with Crippen LogP contribution in [0.3, 0.4) is 0 Å². The third-order valence-corrected chi connectivity index (χ3v) is 3.92. The Balaban J connectivity index is 2.28. The summed E-state index contributed by atoms with van der Waals surface area (Å²) < 4.78 is 10.2. The van der Waals surface area contributed by atoms with Crippen LogP contribution in [0.4, 0.5) is 0 Å². The highest BCUT2D eigenvalue weighted by molar-refractivity contribution is 6.11. The SMILES string of the molecule is CCOC(=O)/C(=C/C=C1\CCc2cc(OC)ccc2C1=O)N(C)C. The van der Waals surface area contributed by atoms with Crippen LogP contribution in [0.25, 0.3) is 0 Å². The predicted molar refractivity (Wildman–Crippen MR) is 92.1 cm³/mol. The number of likely N-dealkylation sites (N-methyl/N-ethyl adjacent to an activating group) is 1. The highest BCUT2D eigenvalue weighted by atomic mass is 16.5. The molecule has 0 heterocycles. The first-order chi connectivity index (χ1) is 11.5. The second-order valence-corrected chi connectivity index (χ2v) is 5.71. The van der Waals surface area contributed by atoms with E-state index in [2.05, 4.69) is 0 Å². The first-order valence-electron chi connectivity index (χ1n) is 7.94. The zero-order chi connectivity index (χ0) is 17.7. The molecule has 0 aliphatic heterocycles. The molecule has 0 unspecified atom stereocenters. The monoisotopic (exact) mass is 329 g/mol. The number of nitrogens with zero attached hydrogens (tertiary/aromatic N) is 1. The van der Waals surface area contributed by atoms with Crippen molar-refractivity contribution in [1.29, 1.82) is 0 Å². The molecule has 1 aliphatic carbocycles. The molecule has 0 amide bonds. The number of carbonyl (C=O) groups excluding carboxylic acids is 2. The summed E-state index contributed by atoms with van der Waals surface area (Å²) in [5.41, 5.74) is 2.80. The summed E-state index contributed by atoms with van der Waals surface area (Å²) in [6, 6.07) is 5.49. The molecule has 5 heteroatoms. The number of fused-ring (bicyclic) bond motifs is 1. The van der Waals surface area contributed by atoms with E-state index in [1.54, 1.807) is 57.3 Å². The lowest BCUT2D eigenvalue weighted by molar-refractivity contribution is -0.140. The molecule has 5 nitrogen and oxygen atoms in total. The van der Waals surface area contributed by atoms with Crippen molar-refractivity contribution in [2.45, 2.75) is 19.8 Å². The molecule has 1 aliphatic rings. The van der Waals surface area contributed by atoms with Gasteiger partial charge in [-0.15, -0.1) is 0 Å². The normalized spacial score (nSPS) is 15.9. The van der Waals surface area contributed by atoms with Gasteiger partial charge < -0.3 is 14.4 Å². The van der Waals surface area contributed by atoms with Crippen molar-refractivity contribution in [3.63, 3.8) is 0 Å². The summed E-state index contributed by atoms with van der Waals surface area (Å²) in [4.78, 5) is 26.3. The highest BCUT2D eigenvalue weighted by Crippen LogP contribution is 2.28. The standard InChI is InChI=1S/C19H23NO4/c1-5-24-19(22)17(20(2)3)11-8-13-6-7-14-12-15(23-4)9-10-16(14)18(13)21/h8-12H,5-7H2,1-4H3/b13-8+,17-11-. The molecular weight excluding hydrogens is 306 g/mol. The van der Waals surface area contributed by atoms with Crippen molar-refractivity contribution in [1.82, 2.24) is 4.90 Å². The first-order valence-corrected chi connectivity index (χ1v) is 7.94. The van der Waals surface area contributed by atoms with Crippen LogP contribution < -0.4 is 4.74 Å². The van der Waals surface area contributed by atoms with Gasteiger partial charge in [0.05, 0.1) is 13.7 Å². The van der Waals surface area contributed by atoms with E-state index >= 15 is 0 Å². The van der Waals surface area contributed by atoms with Crippen molar-refractivity contribution >= 4 is 11.8 Å². The summed E-state index contributed by atoms with van der Waals surface area (Å²) >= 11 is 0. The largest absolute Gasteiger partial charge is 0.497 e. The summed E-state index contributed by atoms with van der Waals surface area (Å²) in [5.74, 6) is 0.357. The Morgan fingerprint density at radius 3 is 2.67 bits per heavy atom. The van der Waals surface area contributed by atoms with E-state index < -0.39 is 5.97 Å². The maximum absolute atomic E-state index is 12.6. The number of ether oxygens (including phenoxy) is 2. The number of rotatable bonds is 5. The maximum Gasteiger partial charge on any atom is 0.354 e. The zero-order valence-electron chi connectivity index (χ0n) is 14.6. The highest BCUT2D eigenvalue weighted by Gasteiger charge is 2.22. The number of benzene rings is 1. The van der Waals surface area contributed by atoms with Gasteiger partial charge in [-0.25, -0.2) is 4.79 Å². The lowest BCUT2D eigenvalue weighted by Gasteiger charge is -2.18. The van der Waals surface area contributed by atoms with Gasteiger partial charge in [-0.05, 0) is 49.6 Å². The Bertz CT molecular complexity index is 701. The molecule has 2 rings (SSSR count). The molecule has 24 heavy (non-hydrogen) atoms. The van der Waals surface area contributed by atoms with E-state index in [9.17, 15) is 9.59 Å². The molecule has 0 fully saturated rings. The second-order valence-electron chi connectivity index (χ2n) is 5.71. The van der Waals surface area contributed by atoms with Gasteiger partial charge in [0.15, 0.2) is 5.78 Å². The Morgan fingerprint density at radius 2 is 2.04 bits per heavy atom. The fourth-order valence-corrected chi connectivity index (χ4v) is 2.62. The van der Waals surface area contributed by atoms with E-state index in [0.717, 1.165) is 17.7 Å². The number of aryl methyl sites for hydroxylation is 1. The van der Waals surface area contributed by atoms with Crippen LogP contribution in [-0.2, 0) is 16.0 Å². The fourth-order valence-electron chi connectivity index (χ4n) is 2.62. The van der Waals surface area contributed by atoms with Crippen LogP contribution in [-0.4, -0.2) is 44.5 Å². The number of methoxy groups -OCH3 is 1. The van der Waals surface area contributed by atoms with Gasteiger partial charge in [0.2, 0.25) is 0 Å². The van der Waals surface area contributed by atoms with Crippen molar-refractivity contribution < 1.29 is 19.1 Å². The van der Waals surface area contributed by atoms with Crippen molar-refractivity contribution in [3.05, 3.63) is 52.7 Å². The minimum absolute atomic E-state index is 0.00267. The Kier molecular flexibility index (Phi) is 5.79. The van der Waals surface area contributed by atoms with Gasteiger partial charge in [0, 0.05) is 25.2 Å². The maximum atomic E-state index is 12.6. The second kappa shape index (κ2) is 7.81. The first kappa shape index (κ1) is 17.8. The molecule has 1 aromatic rings. The summed E-state index contributed by atoms with van der Waals surface area (Å²) in [7, 11) is 5.15. The molecule has 0 aromatic heterocycles. The van der Waals surface area contributed by atoms with E-state index in [0.29, 0.717) is 29.9 Å². The van der Waals surface area contributed by atoms with E-state index in [-0.39, 0.29) is 5.78 Å². The number of hydrogen-bond donors (Lipinski definition) is 0. The van der Waals surface area contributed by atoms with Crippen molar-refractivity contribution in [2.75, 3.05) is 27.8 Å². The van der Waals surface area contributed by atoms with E-state index in [1.807, 2.05) is 6.07 Å². The third-order valence-electron chi connectivity index (χ3n) is 3.92. The number of Topliss-reactive ketones (excluding diaryl/α,β-unsaturated/α-hetero) is 1. The van der Waals surface area contributed by atoms with E-state index in [4.69, 9.17) is 9.47 Å². The smallest absolute Gasteiger partial charge is 0.354 e. The Labute approximate surface area is 142 Å². The lowest BCUT2D eigenvalue weighted by atomic mass is 9.86. The number of ketones is 1. The fraction of sp³-hybridized carbons (Fsp3) is 0.368. The summed E-state index contributed by atoms with van der Waals surface area (Å²) in [6.45, 7) is 2.08. The van der Waals surface area contributed by atoms with Gasteiger partial charge in [-0.3, -0.25) is 4.79 Å². The Morgan fingerprint density at radius 1 is 1.29 bits per heavy atom. The minimum Gasteiger partial charge on any atom is -0.497 e. The zero-order valence-corrected chi connectivity index (χ0v) is 14.6. The molecular formula is C19H23NO4. The minimum atomic E-state index is -0.396. The van der Waals surface area contributed by atoms with Gasteiger partial charge in [-0.1, -0.05) is 6.08 Å². The average molecular weight is 329 g/mol. The Hall–Kier alpha value is -2.56. The molecule has 0 radical (unpaired) electrons. The average Bonchev–Trinajstić information content (AvgIpc) is 2.56. The van der Waals surface area contributed by atoms with Gasteiger partial charge in [-0.2, -0.15) is 0 Å². The van der Waals surface area contributed by atoms with Crippen LogP contribution in [0.1, 0.15) is 29.3 Å². The van der Waals surface area contributed by atoms with Gasteiger partial charge in [0.1, 0.15) is 11.4 Å². The molecule has 0 bridgehead atoms. The van der Waals surface area contributed by atoms with Gasteiger partial charge >= 0.3 is 5.97 Å². The van der Waals surface area contributed by atoms with Crippen LogP contribution in [0.15, 0.2) is 41.6 Å². The molecule has 0 spiro atoms. The topological polar surface area (TPSA) is 55.8 Å². The van der Waals surface area contributed by atoms with E-state index in [1.165, 1.54) is 0 Å². The van der Waals surface area contributed by atoms with Crippen molar-refractivity contribution in [3.8, 4) is 5.75 Å². The molecule has 0 saturated carbocycles. The third kappa shape index (κ3) is 3.85. The molecule has 128 valence electrons. The van der Waals surface area contributed by atoms with Crippen LogP contribution in [0, 0.1) is 0 Å². The molecule has 0 N–H and O–H groups in total. The van der Waals surface area contributed by atoms with Crippen molar-refractivity contribution in [2.24, 2.45) is 0 Å². The van der Waals surface area contributed by atoms with Crippen LogP contribution >= 0.6 is 0 Å². The van der Waals surface area contributed by atoms with Crippen LogP contribution in [0.5, 0.6) is 5.75 Å². The number of hydrogen-bond acceptors (Lipinski definition) is 5. The summed E-state index contributed by atoms with van der Waals surface area (Å²) in [5, 5.41) is 0. The van der Waals surface area contributed by atoms with Gasteiger partial charge in [0.25, 0.3) is 0 Å². The molecule has 0 atom stereocenters.